The zero-order valence-corrected chi connectivity index (χ0v) is 9.48. The van der Waals surface area contributed by atoms with E-state index in [2.05, 4.69) is 5.10 Å². The fourth-order valence-corrected chi connectivity index (χ4v) is 1.45. The summed E-state index contributed by atoms with van der Waals surface area (Å²) >= 11 is 0. The average molecular weight is 212 g/mol. The van der Waals surface area contributed by atoms with E-state index in [1.54, 1.807) is 4.68 Å². The maximum Gasteiger partial charge on any atom is 0.217 e. The highest BCUT2D eigenvalue weighted by atomic mass is 16.7. The van der Waals surface area contributed by atoms with Gasteiger partial charge in [0.15, 0.2) is 5.78 Å². The van der Waals surface area contributed by atoms with Gasteiger partial charge >= 0.3 is 0 Å². The number of methoxy groups -OCH3 is 2. The van der Waals surface area contributed by atoms with Gasteiger partial charge in [-0.3, -0.25) is 9.48 Å². The Hall–Kier alpha value is -1.20. The molecule has 0 saturated heterocycles. The Balaban J connectivity index is 2.69. The molecule has 1 aromatic heterocycles. The number of aromatic nitrogens is 2. The fraction of sp³-hybridized carbons (Fsp3) is 0.600. The van der Waals surface area contributed by atoms with Gasteiger partial charge in [0, 0.05) is 27.0 Å². The van der Waals surface area contributed by atoms with Crippen molar-refractivity contribution >= 4 is 5.78 Å². The van der Waals surface area contributed by atoms with E-state index in [0.29, 0.717) is 0 Å². The SMILES string of the molecule is COC(OC)C(=O)Cc1cc(C)nn1C. The van der Waals surface area contributed by atoms with E-state index in [1.807, 2.05) is 20.0 Å². The lowest BCUT2D eigenvalue weighted by atomic mass is 10.2. The number of carbonyl (C=O) groups is 1. The minimum absolute atomic E-state index is 0.108. The lowest BCUT2D eigenvalue weighted by Gasteiger charge is -2.11. The van der Waals surface area contributed by atoms with Crippen LogP contribution in [0.15, 0.2) is 6.07 Å². The molecule has 5 nitrogen and oxygen atoms in total. The largest absolute Gasteiger partial charge is 0.349 e. The third-order valence-corrected chi connectivity index (χ3v) is 2.15. The van der Waals surface area contributed by atoms with Crippen LogP contribution in [0.25, 0.3) is 0 Å². The van der Waals surface area contributed by atoms with E-state index < -0.39 is 6.29 Å². The highest BCUT2D eigenvalue weighted by Crippen LogP contribution is 2.06. The Labute approximate surface area is 89.0 Å². The van der Waals surface area contributed by atoms with Crippen molar-refractivity contribution in [2.24, 2.45) is 7.05 Å². The summed E-state index contributed by atoms with van der Waals surface area (Å²) in [7, 11) is 4.70. The molecule has 0 unspecified atom stereocenters. The highest BCUT2D eigenvalue weighted by molar-refractivity contribution is 5.83. The van der Waals surface area contributed by atoms with Crippen LogP contribution in [0.4, 0.5) is 0 Å². The average Bonchev–Trinajstić information content (AvgIpc) is 2.47. The summed E-state index contributed by atoms with van der Waals surface area (Å²) < 4.78 is 11.4. The summed E-state index contributed by atoms with van der Waals surface area (Å²) in [6.07, 6.45) is -0.524. The molecule has 0 spiro atoms. The summed E-state index contributed by atoms with van der Waals surface area (Å²) in [6, 6.07) is 1.88. The molecule has 15 heavy (non-hydrogen) atoms. The van der Waals surface area contributed by atoms with Gasteiger partial charge in [-0.25, -0.2) is 0 Å². The zero-order valence-electron chi connectivity index (χ0n) is 9.48. The second-order valence-electron chi connectivity index (χ2n) is 3.35. The molecule has 1 aromatic rings. The second kappa shape index (κ2) is 5.04. The molecule has 0 N–H and O–H groups in total. The maximum atomic E-state index is 11.6. The van der Waals surface area contributed by atoms with Crippen molar-refractivity contribution < 1.29 is 14.3 Å². The van der Waals surface area contributed by atoms with Gasteiger partial charge in [-0.15, -0.1) is 0 Å². The van der Waals surface area contributed by atoms with E-state index in [4.69, 9.17) is 9.47 Å². The van der Waals surface area contributed by atoms with Crippen molar-refractivity contribution in [3.05, 3.63) is 17.5 Å². The number of ether oxygens (including phenoxy) is 2. The normalized spacial score (nSPS) is 11.0. The third kappa shape index (κ3) is 2.87. The summed E-state index contributed by atoms with van der Waals surface area (Å²) in [5.41, 5.74) is 1.75. The molecule has 1 rings (SSSR count). The van der Waals surface area contributed by atoms with Gasteiger partial charge in [0.05, 0.1) is 12.1 Å². The molecule has 1 heterocycles. The Morgan fingerprint density at radius 1 is 1.53 bits per heavy atom. The topological polar surface area (TPSA) is 53.4 Å². The van der Waals surface area contributed by atoms with Gasteiger partial charge in [-0.2, -0.15) is 5.10 Å². The molecule has 0 aliphatic heterocycles. The monoisotopic (exact) mass is 212 g/mol. The van der Waals surface area contributed by atoms with Crippen LogP contribution < -0.4 is 0 Å². The predicted molar refractivity (Wildman–Crippen MR) is 54.5 cm³/mol. The maximum absolute atomic E-state index is 11.6. The fourth-order valence-electron chi connectivity index (χ4n) is 1.45. The minimum Gasteiger partial charge on any atom is -0.349 e. The molecule has 0 aromatic carbocycles. The van der Waals surface area contributed by atoms with E-state index in [-0.39, 0.29) is 12.2 Å². The Morgan fingerprint density at radius 3 is 2.53 bits per heavy atom. The lowest BCUT2D eigenvalue weighted by molar-refractivity contribution is -0.156. The first kappa shape index (κ1) is 11.9. The smallest absolute Gasteiger partial charge is 0.217 e. The third-order valence-electron chi connectivity index (χ3n) is 2.15. The Kier molecular flexibility index (Phi) is 3.99. The summed E-state index contributed by atoms with van der Waals surface area (Å²) in [4.78, 5) is 11.6. The number of aryl methyl sites for hydroxylation is 2. The van der Waals surface area contributed by atoms with Gasteiger partial charge in [0.2, 0.25) is 6.29 Å². The minimum atomic E-state index is -0.791. The van der Waals surface area contributed by atoms with Crippen LogP contribution in [0.3, 0.4) is 0 Å². The Morgan fingerprint density at radius 2 is 2.13 bits per heavy atom. The van der Waals surface area contributed by atoms with Crippen LogP contribution >= 0.6 is 0 Å². The molecule has 84 valence electrons. The quantitative estimate of drug-likeness (QED) is 0.665. The van der Waals surface area contributed by atoms with Crippen molar-refractivity contribution in [3.8, 4) is 0 Å². The van der Waals surface area contributed by atoms with Gasteiger partial charge in [-0.1, -0.05) is 0 Å². The van der Waals surface area contributed by atoms with Crippen molar-refractivity contribution in [3.63, 3.8) is 0 Å². The molecule has 0 aliphatic carbocycles. The van der Waals surface area contributed by atoms with Crippen LogP contribution in [-0.2, 0) is 27.7 Å². The molecule has 5 heteroatoms. The van der Waals surface area contributed by atoms with Gasteiger partial charge in [0.1, 0.15) is 0 Å². The van der Waals surface area contributed by atoms with Crippen LogP contribution in [0, 0.1) is 6.92 Å². The van der Waals surface area contributed by atoms with Crippen LogP contribution in [-0.4, -0.2) is 36.1 Å². The lowest BCUT2D eigenvalue weighted by Crippen LogP contribution is -2.27. The molecule has 0 bridgehead atoms. The van der Waals surface area contributed by atoms with E-state index >= 15 is 0 Å². The van der Waals surface area contributed by atoms with Gasteiger partial charge < -0.3 is 9.47 Å². The van der Waals surface area contributed by atoms with Crippen molar-refractivity contribution in [1.29, 1.82) is 0 Å². The van der Waals surface area contributed by atoms with Gasteiger partial charge in [-0.05, 0) is 13.0 Å². The number of hydrogen-bond donors (Lipinski definition) is 0. The van der Waals surface area contributed by atoms with Crippen molar-refractivity contribution in [2.75, 3.05) is 14.2 Å². The number of carbonyl (C=O) groups excluding carboxylic acids is 1. The zero-order chi connectivity index (χ0) is 11.4. The van der Waals surface area contributed by atoms with Crippen LogP contribution in [0.2, 0.25) is 0 Å². The first-order valence-electron chi connectivity index (χ1n) is 4.66. The highest BCUT2D eigenvalue weighted by Gasteiger charge is 2.18. The number of nitrogens with zero attached hydrogens (tertiary/aromatic N) is 2. The molecule has 0 radical (unpaired) electrons. The van der Waals surface area contributed by atoms with E-state index in [1.165, 1.54) is 14.2 Å². The van der Waals surface area contributed by atoms with Crippen LogP contribution in [0.5, 0.6) is 0 Å². The molecule has 0 atom stereocenters. The van der Waals surface area contributed by atoms with Gasteiger partial charge in [0.25, 0.3) is 0 Å². The Bertz CT molecular complexity index is 342. The molecule has 0 saturated carbocycles. The number of hydrogen-bond acceptors (Lipinski definition) is 4. The number of rotatable bonds is 5. The van der Waals surface area contributed by atoms with E-state index in [9.17, 15) is 4.79 Å². The molecular formula is C10H16N2O3. The number of Topliss-reactive ketones (excluding diaryl/α,β-unsaturated/α-hetero) is 1. The molecule has 0 amide bonds. The van der Waals surface area contributed by atoms with E-state index in [0.717, 1.165) is 11.4 Å². The predicted octanol–water partition coefficient (Wildman–Crippen LogP) is 0.459. The number of ketones is 1. The first-order valence-corrected chi connectivity index (χ1v) is 4.66. The second-order valence-corrected chi connectivity index (χ2v) is 3.35. The molecule has 0 aliphatic rings. The van der Waals surface area contributed by atoms with Crippen LogP contribution in [0.1, 0.15) is 11.4 Å². The molecule has 0 fully saturated rings. The first-order chi connectivity index (χ1) is 7.08. The summed E-state index contributed by atoms with van der Waals surface area (Å²) in [5.74, 6) is -0.108. The summed E-state index contributed by atoms with van der Waals surface area (Å²) in [6.45, 7) is 1.89. The van der Waals surface area contributed by atoms with Crippen molar-refractivity contribution in [2.45, 2.75) is 19.6 Å². The standard InChI is InChI=1S/C10H16N2O3/c1-7-5-8(12(2)11-7)6-9(13)10(14-3)15-4/h5,10H,6H2,1-4H3. The summed E-state index contributed by atoms with van der Waals surface area (Å²) in [5, 5.41) is 4.16. The van der Waals surface area contributed by atoms with Crippen molar-refractivity contribution in [1.82, 2.24) is 9.78 Å². The molecular weight excluding hydrogens is 196 g/mol.